The predicted octanol–water partition coefficient (Wildman–Crippen LogP) is 1.06. The first-order valence-electron chi connectivity index (χ1n) is 6.05. The maximum Gasteiger partial charge on any atom is 0.183 e. The van der Waals surface area contributed by atoms with Gasteiger partial charge in [0.15, 0.2) is 11.6 Å². The molecular formula is C12H18FN5. The van der Waals surface area contributed by atoms with Crippen LogP contribution in [0.25, 0.3) is 0 Å². The van der Waals surface area contributed by atoms with Gasteiger partial charge in [-0.1, -0.05) is 13.8 Å². The van der Waals surface area contributed by atoms with E-state index in [0.717, 1.165) is 5.84 Å². The number of hydrogen-bond donors (Lipinski definition) is 2. The quantitative estimate of drug-likeness (QED) is 0.843. The number of rotatable bonds is 3. The summed E-state index contributed by atoms with van der Waals surface area (Å²) >= 11 is 0. The molecular weight excluding hydrogens is 233 g/mol. The van der Waals surface area contributed by atoms with E-state index in [1.165, 1.54) is 6.07 Å². The van der Waals surface area contributed by atoms with E-state index in [-0.39, 0.29) is 18.3 Å². The first-order chi connectivity index (χ1) is 8.61. The van der Waals surface area contributed by atoms with Crippen molar-refractivity contribution in [3.8, 4) is 0 Å². The Labute approximate surface area is 106 Å². The maximum absolute atomic E-state index is 13.9. The molecule has 1 aliphatic heterocycles. The largest absolute Gasteiger partial charge is 0.326 e. The van der Waals surface area contributed by atoms with Crippen LogP contribution in [0, 0.1) is 11.7 Å². The summed E-state index contributed by atoms with van der Waals surface area (Å²) in [6.45, 7) is 5.60. The Morgan fingerprint density at radius 2 is 2.33 bits per heavy atom. The number of hydrogen-bond acceptors (Lipinski definition) is 5. The summed E-state index contributed by atoms with van der Waals surface area (Å²) in [5.41, 5.74) is 9.24. The summed E-state index contributed by atoms with van der Waals surface area (Å²) in [4.78, 5) is 8.48. The van der Waals surface area contributed by atoms with Crippen molar-refractivity contribution in [1.29, 1.82) is 0 Å². The van der Waals surface area contributed by atoms with Gasteiger partial charge in [-0.25, -0.2) is 9.37 Å². The molecule has 6 heteroatoms. The van der Waals surface area contributed by atoms with Crippen LogP contribution in [0.2, 0.25) is 0 Å². The van der Waals surface area contributed by atoms with E-state index in [4.69, 9.17) is 5.73 Å². The second kappa shape index (κ2) is 5.30. The number of nitrogens with zero attached hydrogens (tertiary/aromatic N) is 3. The lowest BCUT2D eigenvalue weighted by Gasteiger charge is -2.30. The fraction of sp³-hybridized carbons (Fsp3) is 0.500. The van der Waals surface area contributed by atoms with E-state index < -0.39 is 0 Å². The van der Waals surface area contributed by atoms with Crippen LogP contribution in [-0.4, -0.2) is 23.9 Å². The van der Waals surface area contributed by atoms with Gasteiger partial charge < -0.3 is 5.73 Å². The number of pyridine rings is 1. The lowest BCUT2D eigenvalue weighted by molar-refractivity contribution is 0.588. The smallest absolute Gasteiger partial charge is 0.183 e. The second-order valence-electron chi connectivity index (χ2n) is 4.54. The topological polar surface area (TPSA) is 66.5 Å². The third kappa shape index (κ3) is 2.59. The Morgan fingerprint density at radius 3 is 2.94 bits per heavy atom. The average Bonchev–Trinajstić information content (AvgIpc) is 2.38. The average molecular weight is 251 g/mol. The highest BCUT2D eigenvalue weighted by Gasteiger charge is 2.19. The molecule has 1 aromatic rings. The predicted molar refractivity (Wildman–Crippen MR) is 69.7 cm³/mol. The molecule has 0 aromatic carbocycles. The molecule has 2 rings (SSSR count). The first kappa shape index (κ1) is 12.8. The molecule has 0 amide bonds. The lowest BCUT2D eigenvalue weighted by Crippen LogP contribution is -2.50. The molecule has 1 aliphatic rings. The minimum Gasteiger partial charge on any atom is -0.326 e. The van der Waals surface area contributed by atoms with Crippen LogP contribution < -0.4 is 16.2 Å². The van der Waals surface area contributed by atoms with E-state index in [1.54, 1.807) is 11.2 Å². The maximum atomic E-state index is 13.9. The van der Waals surface area contributed by atoms with E-state index in [1.807, 2.05) is 13.8 Å². The zero-order valence-electron chi connectivity index (χ0n) is 10.7. The number of nitrogens with one attached hydrogen (secondary N) is 1. The van der Waals surface area contributed by atoms with Gasteiger partial charge in [-0.2, -0.15) is 0 Å². The number of aromatic nitrogens is 1. The summed E-state index contributed by atoms with van der Waals surface area (Å²) in [6, 6.07) is 1.42. The summed E-state index contributed by atoms with van der Waals surface area (Å²) in [5, 5.41) is 1.69. The molecule has 0 unspecified atom stereocenters. The van der Waals surface area contributed by atoms with Crippen LogP contribution >= 0.6 is 0 Å². The molecule has 5 nitrogen and oxygen atoms in total. The SMILES string of the molecule is CC(C)C1=NCCN(c2ncc(CN)cc2F)N1. The van der Waals surface area contributed by atoms with Crippen molar-refractivity contribution < 1.29 is 4.39 Å². The Balaban J connectivity index is 2.20. The highest BCUT2D eigenvalue weighted by Crippen LogP contribution is 2.17. The molecule has 98 valence electrons. The van der Waals surface area contributed by atoms with Gasteiger partial charge in [0.05, 0.1) is 13.1 Å². The molecule has 0 saturated carbocycles. The van der Waals surface area contributed by atoms with E-state index >= 15 is 0 Å². The van der Waals surface area contributed by atoms with Crippen molar-refractivity contribution in [2.45, 2.75) is 20.4 Å². The van der Waals surface area contributed by atoms with Crippen LogP contribution in [0.4, 0.5) is 10.2 Å². The third-order valence-corrected chi connectivity index (χ3v) is 2.77. The minimum atomic E-state index is -0.365. The molecule has 0 spiro atoms. The monoisotopic (exact) mass is 251 g/mol. The molecule has 0 aliphatic carbocycles. The molecule has 1 aromatic heterocycles. The van der Waals surface area contributed by atoms with Gasteiger partial charge in [-0.3, -0.25) is 15.4 Å². The van der Waals surface area contributed by atoms with Crippen molar-refractivity contribution in [3.05, 3.63) is 23.6 Å². The number of nitrogens with two attached hydrogens (primary N) is 1. The van der Waals surface area contributed by atoms with Gasteiger partial charge in [0, 0.05) is 18.7 Å². The molecule has 18 heavy (non-hydrogen) atoms. The van der Waals surface area contributed by atoms with Crippen LogP contribution in [0.5, 0.6) is 0 Å². The molecule has 0 bridgehead atoms. The Morgan fingerprint density at radius 1 is 1.56 bits per heavy atom. The Kier molecular flexibility index (Phi) is 3.76. The van der Waals surface area contributed by atoms with E-state index in [0.29, 0.717) is 24.5 Å². The van der Waals surface area contributed by atoms with Crippen molar-refractivity contribution in [3.63, 3.8) is 0 Å². The summed E-state index contributed by atoms with van der Waals surface area (Å²) in [6.07, 6.45) is 1.60. The van der Waals surface area contributed by atoms with Crippen LogP contribution in [0.3, 0.4) is 0 Å². The molecule has 0 saturated heterocycles. The molecule has 2 heterocycles. The fourth-order valence-electron chi connectivity index (χ4n) is 1.75. The molecule has 0 fully saturated rings. The summed E-state index contributed by atoms with van der Waals surface area (Å²) < 4.78 is 13.9. The number of halogens is 1. The number of aliphatic imine (C=N–C) groups is 1. The van der Waals surface area contributed by atoms with Gasteiger partial charge in [-0.05, 0) is 11.6 Å². The van der Waals surface area contributed by atoms with E-state index in [2.05, 4.69) is 15.4 Å². The summed E-state index contributed by atoms with van der Waals surface area (Å²) in [7, 11) is 0. The summed E-state index contributed by atoms with van der Waals surface area (Å²) in [5.74, 6) is 1.06. The highest BCUT2D eigenvalue weighted by atomic mass is 19.1. The third-order valence-electron chi connectivity index (χ3n) is 2.77. The zero-order chi connectivity index (χ0) is 13.1. The molecule has 3 N–H and O–H groups in total. The van der Waals surface area contributed by atoms with Crippen LogP contribution in [0.15, 0.2) is 17.3 Å². The number of hydrazine groups is 1. The van der Waals surface area contributed by atoms with Crippen LogP contribution in [0.1, 0.15) is 19.4 Å². The van der Waals surface area contributed by atoms with Gasteiger partial charge in [0.2, 0.25) is 0 Å². The molecule has 0 atom stereocenters. The van der Waals surface area contributed by atoms with Crippen LogP contribution in [-0.2, 0) is 6.54 Å². The molecule has 0 radical (unpaired) electrons. The van der Waals surface area contributed by atoms with Gasteiger partial charge >= 0.3 is 0 Å². The fourth-order valence-corrected chi connectivity index (χ4v) is 1.75. The van der Waals surface area contributed by atoms with Crippen molar-refractivity contribution in [2.24, 2.45) is 16.6 Å². The van der Waals surface area contributed by atoms with Gasteiger partial charge in [-0.15, -0.1) is 0 Å². The van der Waals surface area contributed by atoms with Gasteiger partial charge in [0.1, 0.15) is 5.84 Å². The number of amidine groups is 1. The second-order valence-corrected chi connectivity index (χ2v) is 4.54. The van der Waals surface area contributed by atoms with Crippen molar-refractivity contribution >= 4 is 11.7 Å². The Bertz CT molecular complexity index is 458. The van der Waals surface area contributed by atoms with Crippen molar-refractivity contribution in [1.82, 2.24) is 10.4 Å². The first-order valence-corrected chi connectivity index (χ1v) is 6.05. The van der Waals surface area contributed by atoms with E-state index in [9.17, 15) is 4.39 Å². The number of anilines is 1. The Hall–Kier alpha value is -1.69. The van der Waals surface area contributed by atoms with Gasteiger partial charge in [0.25, 0.3) is 0 Å². The highest BCUT2D eigenvalue weighted by molar-refractivity contribution is 5.86. The standard InChI is InChI=1S/C12H18FN5/c1-8(2)11-15-3-4-18(17-11)12-10(13)5-9(6-14)7-16-12/h5,7-8H,3-4,6,14H2,1-2H3,(H,15,17). The normalized spacial score (nSPS) is 15.6. The lowest BCUT2D eigenvalue weighted by atomic mass is 10.2. The minimum absolute atomic E-state index is 0.277. The van der Waals surface area contributed by atoms with Crippen molar-refractivity contribution in [2.75, 3.05) is 18.1 Å². The zero-order valence-corrected chi connectivity index (χ0v) is 10.7.